The van der Waals surface area contributed by atoms with Gasteiger partial charge in [0, 0.05) is 6.92 Å². The van der Waals surface area contributed by atoms with E-state index >= 15 is 0 Å². The summed E-state index contributed by atoms with van der Waals surface area (Å²) in [7, 11) is 0. The van der Waals surface area contributed by atoms with Gasteiger partial charge in [-0.2, -0.15) is 0 Å². The number of furan rings is 1. The van der Waals surface area contributed by atoms with Crippen LogP contribution in [0.5, 0.6) is 0 Å². The van der Waals surface area contributed by atoms with Crippen LogP contribution in [-0.2, 0) is 0 Å². The Morgan fingerprint density at radius 1 is 1.71 bits per heavy atom. The first-order chi connectivity index (χ1) is 3.29. The van der Waals surface area contributed by atoms with Gasteiger partial charge in [-0.05, 0) is 18.6 Å². The molecule has 2 radical (unpaired) electrons. The highest BCUT2D eigenvalue weighted by molar-refractivity contribution is 5.11. The maximum atomic E-state index is 5.21. The summed E-state index contributed by atoms with van der Waals surface area (Å²) in [6.45, 7) is 7.14. The molecule has 36 valence electrons. The lowest BCUT2D eigenvalue weighted by Crippen LogP contribution is -1.53. The van der Waals surface area contributed by atoms with Crippen molar-refractivity contribution < 1.29 is 4.42 Å². The van der Waals surface area contributed by atoms with Gasteiger partial charge in [0.2, 0.25) is 0 Å². The molecule has 1 heterocycles. The highest BCUT2D eigenvalue weighted by Gasteiger charge is 1.86. The molecule has 0 unspecified atom stereocenters. The van der Waals surface area contributed by atoms with Crippen molar-refractivity contribution in [2.75, 3.05) is 0 Å². The Bertz CT molecular complexity index is 136. The molecule has 0 spiro atoms. The molecule has 0 saturated carbocycles. The molecule has 0 bridgehead atoms. The zero-order valence-electron chi connectivity index (χ0n) is 4.14. The second kappa shape index (κ2) is 1.41. The van der Waals surface area contributed by atoms with Gasteiger partial charge in [0.1, 0.15) is 5.76 Å². The van der Waals surface area contributed by atoms with Crippen LogP contribution in [0.2, 0.25) is 0 Å². The van der Waals surface area contributed by atoms with Crippen LogP contribution in [0.15, 0.2) is 16.7 Å². The van der Waals surface area contributed by atoms with Gasteiger partial charge in [-0.1, -0.05) is 0 Å². The molecule has 1 aromatic rings. The van der Waals surface area contributed by atoms with Crippen molar-refractivity contribution >= 4 is 0 Å². The fraction of sp³-hybridized carbons (Fsp3) is 0.167. The van der Waals surface area contributed by atoms with Crippen LogP contribution in [-0.4, -0.2) is 0 Å². The Hall–Kier alpha value is -0.720. The largest absolute Gasteiger partial charge is 0.469 e. The van der Waals surface area contributed by atoms with Gasteiger partial charge < -0.3 is 4.42 Å². The standard InChI is InChI=1S/C6H6O/c1-5-3-6(2)7-4-5/h2-4H,1H3. The predicted molar refractivity (Wildman–Crippen MR) is 26.8 cm³/mol. The molecule has 0 amide bonds. The minimum Gasteiger partial charge on any atom is -0.469 e. The topological polar surface area (TPSA) is 13.1 Å². The molecule has 0 saturated heterocycles. The van der Waals surface area contributed by atoms with Crippen molar-refractivity contribution in [2.24, 2.45) is 0 Å². The van der Waals surface area contributed by atoms with Gasteiger partial charge in [0.25, 0.3) is 0 Å². The first kappa shape index (κ1) is 4.44. The molecule has 1 aromatic heterocycles. The summed E-state index contributed by atoms with van der Waals surface area (Å²) < 4.78 is 4.74. The highest BCUT2D eigenvalue weighted by atomic mass is 16.3. The van der Waals surface area contributed by atoms with Crippen molar-refractivity contribution in [3.8, 4) is 0 Å². The van der Waals surface area contributed by atoms with Gasteiger partial charge in [0.15, 0.2) is 0 Å². The van der Waals surface area contributed by atoms with Crippen LogP contribution >= 0.6 is 0 Å². The van der Waals surface area contributed by atoms with Gasteiger partial charge in [-0.15, -0.1) is 0 Å². The molecular weight excluding hydrogens is 88.1 g/mol. The molecule has 0 aliphatic carbocycles. The lowest BCUT2D eigenvalue weighted by Gasteiger charge is -1.68. The van der Waals surface area contributed by atoms with E-state index in [9.17, 15) is 0 Å². The minimum atomic E-state index is 0.484. The van der Waals surface area contributed by atoms with E-state index in [0.717, 1.165) is 5.56 Å². The van der Waals surface area contributed by atoms with Crippen LogP contribution in [0.25, 0.3) is 0 Å². The van der Waals surface area contributed by atoms with Crippen LogP contribution in [0.1, 0.15) is 11.3 Å². The van der Waals surface area contributed by atoms with Crippen molar-refractivity contribution in [2.45, 2.75) is 6.92 Å². The number of hydrogen-bond donors (Lipinski definition) is 0. The Kier molecular flexibility index (Phi) is 0.895. The highest BCUT2D eigenvalue weighted by Crippen LogP contribution is 2.02. The Morgan fingerprint density at radius 2 is 2.43 bits per heavy atom. The summed E-state index contributed by atoms with van der Waals surface area (Å²) in [5.41, 5.74) is 1.07. The van der Waals surface area contributed by atoms with E-state index in [0.29, 0.717) is 5.76 Å². The van der Waals surface area contributed by atoms with E-state index in [-0.39, 0.29) is 0 Å². The summed E-state index contributed by atoms with van der Waals surface area (Å²) in [4.78, 5) is 0. The molecule has 0 fully saturated rings. The van der Waals surface area contributed by atoms with Crippen LogP contribution in [0, 0.1) is 13.8 Å². The zero-order valence-corrected chi connectivity index (χ0v) is 4.14. The van der Waals surface area contributed by atoms with E-state index in [1.54, 1.807) is 12.3 Å². The Morgan fingerprint density at radius 3 is 2.57 bits per heavy atom. The quantitative estimate of drug-likeness (QED) is 0.476. The number of rotatable bonds is 0. The maximum Gasteiger partial charge on any atom is 0.108 e. The molecule has 0 atom stereocenters. The molecule has 0 N–H and O–H groups in total. The summed E-state index contributed by atoms with van der Waals surface area (Å²) in [6.07, 6.45) is 1.62. The second-order valence-electron chi connectivity index (χ2n) is 1.53. The average molecular weight is 94.1 g/mol. The summed E-state index contributed by atoms with van der Waals surface area (Å²) in [5, 5.41) is 0. The Labute approximate surface area is 43.0 Å². The molecule has 1 heteroatoms. The third kappa shape index (κ3) is 0.829. The van der Waals surface area contributed by atoms with E-state index < -0.39 is 0 Å². The number of aryl methyl sites for hydroxylation is 1. The van der Waals surface area contributed by atoms with Crippen molar-refractivity contribution in [3.63, 3.8) is 0 Å². The first-order valence-corrected chi connectivity index (χ1v) is 2.09. The monoisotopic (exact) mass is 94.0 g/mol. The zero-order chi connectivity index (χ0) is 5.28. The van der Waals surface area contributed by atoms with Crippen molar-refractivity contribution in [1.82, 2.24) is 0 Å². The fourth-order valence-electron chi connectivity index (χ4n) is 0.453. The molecule has 0 aliphatic rings. The molecular formula is C6H6O. The van der Waals surface area contributed by atoms with Gasteiger partial charge >= 0.3 is 0 Å². The molecule has 0 aliphatic heterocycles. The smallest absolute Gasteiger partial charge is 0.108 e. The maximum absolute atomic E-state index is 5.21. The van der Waals surface area contributed by atoms with Gasteiger partial charge in [-0.25, -0.2) is 0 Å². The number of hydrogen-bond acceptors (Lipinski definition) is 1. The predicted octanol–water partition coefficient (Wildman–Crippen LogP) is 1.65. The van der Waals surface area contributed by atoms with Crippen LogP contribution in [0.3, 0.4) is 0 Å². The van der Waals surface area contributed by atoms with Gasteiger partial charge in [-0.3, -0.25) is 0 Å². The van der Waals surface area contributed by atoms with Gasteiger partial charge in [0.05, 0.1) is 6.26 Å². The minimum absolute atomic E-state index is 0.484. The molecule has 7 heavy (non-hydrogen) atoms. The molecule has 1 nitrogen and oxygen atoms in total. The molecule has 1 rings (SSSR count). The fourth-order valence-corrected chi connectivity index (χ4v) is 0.453. The van der Waals surface area contributed by atoms with E-state index in [2.05, 4.69) is 0 Å². The van der Waals surface area contributed by atoms with Crippen LogP contribution < -0.4 is 0 Å². The third-order valence-electron chi connectivity index (χ3n) is 0.751. The SMILES string of the molecule is [CH]c1cc(C)co1. The Balaban J connectivity index is 3.04. The first-order valence-electron chi connectivity index (χ1n) is 2.09. The van der Waals surface area contributed by atoms with E-state index in [1.165, 1.54) is 0 Å². The van der Waals surface area contributed by atoms with E-state index in [1.807, 2.05) is 6.92 Å². The summed E-state index contributed by atoms with van der Waals surface area (Å²) in [5.74, 6) is 0.484. The second-order valence-corrected chi connectivity index (χ2v) is 1.53. The van der Waals surface area contributed by atoms with E-state index in [4.69, 9.17) is 11.3 Å². The van der Waals surface area contributed by atoms with Crippen molar-refractivity contribution in [3.05, 3.63) is 30.6 Å². The lowest BCUT2D eigenvalue weighted by atomic mass is 10.4. The van der Waals surface area contributed by atoms with Crippen molar-refractivity contribution in [1.29, 1.82) is 0 Å². The summed E-state index contributed by atoms with van der Waals surface area (Å²) in [6, 6.07) is 1.78. The third-order valence-corrected chi connectivity index (χ3v) is 0.751. The lowest BCUT2D eigenvalue weighted by molar-refractivity contribution is 0.547. The van der Waals surface area contributed by atoms with Crippen LogP contribution in [0.4, 0.5) is 0 Å². The average Bonchev–Trinajstić information content (AvgIpc) is 1.87. The summed E-state index contributed by atoms with van der Waals surface area (Å²) >= 11 is 0. The molecule has 0 aromatic carbocycles. The normalized spacial score (nSPS) is 9.43.